The molecule has 0 saturated heterocycles. The molecule has 0 fully saturated rings. The van der Waals surface area contributed by atoms with Crippen LogP contribution < -0.4 is 14.3 Å². The van der Waals surface area contributed by atoms with Crippen molar-refractivity contribution in [3.8, 4) is 9.75 Å². The summed E-state index contributed by atoms with van der Waals surface area (Å²) in [5.41, 5.74) is 0. The Kier molecular flexibility index (Phi) is 3.99. The van der Waals surface area contributed by atoms with Crippen molar-refractivity contribution in [2.45, 2.75) is 0 Å². The van der Waals surface area contributed by atoms with E-state index in [1.165, 1.54) is 29.9 Å². The van der Waals surface area contributed by atoms with Crippen LogP contribution in [0.3, 0.4) is 0 Å². The van der Waals surface area contributed by atoms with E-state index in [4.69, 9.17) is 0 Å². The van der Waals surface area contributed by atoms with E-state index >= 15 is 0 Å². The molecule has 1 aliphatic rings. The molecule has 7 rings (SSSR count). The van der Waals surface area contributed by atoms with E-state index in [2.05, 4.69) is 109 Å². The Labute approximate surface area is 193 Å². The van der Waals surface area contributed by atoms with Crippen LogP contribution in [0.25, 0.3) is 29.9 Å². The van der Waals surface area contributed by atoms with Crippen molar-refractivity contribution in [3.05, 3.63) is 109 Å². The molecule has 3 heterocycles. The standard InChI is InChI=1S/C16H8S2.2C6H5.Sn/c1-3-7-13-11(5-1)9-15(17-13)16-10-12-6-2-4-8-14(12)18-16;2*1-2-4-6-5-3-1;/h1-8H;2*1-5H;. The molecule has 0 aliphatic carbocycles. The molecule has 0 saturated carbocycles. The summed E-state index contributed by atoms with van der Waals surface area (Å²) in [5.74, 6) is 0. The molecule has 146 valence electrons. The van der Waals surface area contributed by atoms with Crippen LogP contribution in [0.2, 0.25) is 0 Å². The fourth-order valence-corrected chi connectivity index (χ4v) is 26.8. The number of hydrogen-bond acceptors (Lipinski definition) is 2. The molecule has 0 atom stereocenters. The van der Waals surface area contributed by atoms with Crippen LogP contribution >= 0.6 is 22.7 Å². The summed E-state index contributed by atoms with van der Waals surface area (Å²) in [4.78, 5) is 3.06. The monoisotopic (exact) mass is 538 g/mol. The molecule has 1 aliphatic heterocycles. The van der Waals surface area contributed by atoms with Gasteiger partial charge in [0.2, 0.25) is 0 Å². The molecule has 0 nitrogen and oxygen atoms in total. The Hall–Kier alpha value is -2.40. The molecule has 0 spiro atoms. The fourth-order valence-electron chi connectivity index (χ4n) is 5.40. The number of rotatable bonds is 2. The van der Waals surface area contributed by atoms with Gasteiger partial charge in [-0.3, -0.25) is 0 Å². The topological polar surface area (TPSA) is 0 Å². The Bertz CT molecular complexity index is 1450. The predicted molar refractivity (Wildman–Crippen MR) is 140 cm³/mol. The van der Waals surface area contributed by atoms with Crippen molar-refractivity contribution in [1.29, 1.82) is 0 Å². The Balaban J connectivity index is 1.77. The number of hydrogen-bond donors (Lipinski definition) is 0. The van der Waals surface area contributed by atoms with E-state index < -0.39 is 18.4 Å². The number of benzene rings is 4. The van der Waals surface area contributed by atoms with Crippen molar-refractivity contribution in [2.75, 3.05) is 0 Å². The van der Waals surface area contributed by atoms with Gasteiger partial charge in [0.15, 0.2) is 0 Å². The van der Waals surface area contributed by atoms with Gasteiger partial charge in [-0.2, -0.15) is 0 Å². The second kappa shape index (κ2) is 6.80. The zero-order valence-electron chi connectivity index (χ0n) is 16.7. The molecule has 0 unspecified atom stereocenters. The minimum absolute atomic E-state index is 1.42. The second-order valence-electron chi connectivity index (χ2n) is 8.09. The Morgan fingerprint density at radius 1 is 0.419 bits per heavy atom. The maximum absolute atomic E-state index is 3.51. The summed E-state index contributed by atoms with van der Waals surface area (Å²) in [6.07, 6.45) is 0. The van der Waals surface area contributed by atoms with Crippen molar-refractivity contribution >= 4 is 75.5 Å². The van der Waals surface area contributed by atoms with E-state index in [0.717, 1.165) is 0 Å². The van der Waals surface area contributed by atoms with Crippen molar-refractivity contribution in [3.63, 3.8) is 0 Å². The van der Waals surface area contributed by atoms with Crippen molar-refractivity contribution in [1.82, 2.24) is 0 Å². The van der Waals surface area contributed by atoms with E-state index in [1.807, 2.05) is 22.7 Å². The van der Waals surface area contributed by atoms with E-state index in [0.29, 0.717) is 0 Å². The normalized spacial score (nSPS) is 14.1. The molecule has 3 heteroatoms. The van der Waals surface area contributed by atoms with Crippen LogP contribution in [-0.2, 0) is 0 Å². The summed E-state index contributed by atoms with van der Waals surface area (Å²) in [5, 5.41) is 2.94. The number of thiophene rings is 2. The van der Waals surface area contributed by atoms with Crippen LogP contribution in [-0.4, -0.2) is 18.4 Å². The average molecular weight is 537 g/mol. The Morgan fingerprint density at radius 3 is 1.26 bits per heavy atom. The fraction of sp³-hybridized carbons (Fsp3) is 0. The summed E-state index contributed by atoms with van der Waals surface area (Å²) in [7, 11) is 0. The van der Waals surface area contributed by atoms with Crippen LogP contribution in [0, 0.1) is 0 Å². The third-order valence-electron chi connectivity index (χ3n) is 6.56. The summed E-state index contributed by atoms with van der Waals surface area (Å²) in [6, 6.07) is 41.0. The zero-order chi connectivity index (χ0) is 20.4. The Morgan fingerprint density at radius 2 is 0.806 bits per heavy atom. The van der Waals surface area contributed by atoms with Crippen LogP contribution in [0.4, 0.5) is 0 Å². The summed E-state index contributed by atoms with van der Waals surface area (Å²) < 4.78 is 9.27. The van der Waals surface area contributed by atoms with Gasteiger partial charge >= 0.3 is 194 Å². The second-order valence-corrected chi connectivity index (χ2v) is 20.6. The van der Waals surface area contributed by atoms with Gasteiger partial charge < -0.3 is 0 Å². The van der Waals surface area contributed by atoms with E-state index in [-0.39, 0.29) is 0 Å². The molecule has 0 N–H and O–H groups in total. The summed E-state index contributed by atoms with van der Waals surface area (Å²) in [6.45, 7) is 0. The summed E-state index contributed by atoms with van der Waals surface area (Å²) >= 11 is 0.485. The van der Waals surface area contributed by atoms with E-state index in [1.54, 1.807) is 14.3 Å². The van der Waals surface area contributed by atoms with Crippen LogP contribution in [0.5, 0.6) is 0 Å². The first-order chi connectivity index (χ1) is 15.4. The first-order valence-corrected chi connectivity index (χ1v) is 17.9. The first-order valence-electron chi connectivity index (χ1n) is 10.5. The van der Waals surface area contributed by atoms with Gasteiger partial charge in [-0.15, -0.1) is 0 Å². The van der Waals surface area contributed by atoms with Crippen molar-refractivity contribution < 1.29 is 0 Å². The molecule has 2 aromatic heterocycles. The predicted octanol–water partition coefficient (Wildman–Crippen LogP) is 5.47. The van der Waals surface area contributed by atoms with Gasteiger partial charge in [-0.1, -0.05) is 0 Å². The molecule has 0 amide bonds. The maximum atomic E-state index is 2.40. The minimum atomic E-state index is -3.51. The molecular formula is C28H18S2Sn. The molecule has 31 heavy (non-hydrogen) atoms. The molecular weight excluding hydrogens is 519 g/mol. The number of fused-ring (bicyclic) bond motifs is 7. The SMILES string of the molecule is c1cc[c]([Sn]2([c]3ccccc3)[c]3c(sc4ccccc34)-c3sc4ccccc4[c]32)cc1. The van der Waals surface area contributed by atoms with Gasteiger partial charge in [-0.25, -0.2) is 0 Å². The van der Waals surface area contributed by atoms with Gasteiger partial charge in [0.25, 0.3) is 0 Å². The van der Waals surface area contributed by atoms with Gasteiger partial charge in [0.1, 0.15) is 0 Å². The van der Waals surface area contributed by atoms with E-state index in [9.17, 15) is 0 Å². The third kappa shape index (κ3) is 2.36. The molecule has 4 aromatic carbocycles. The van der Waals surface area contributed by atoms with Gasteiger partial charge in [0, 0.05) is 0 Å². The molecule has 0 radical (unpaired) electrons. The quantitative estimate of drug-likeness (QED) is 0.257. The third-order valence-corrected chi connectivity index (χ3v) is 24.2. The van der Waals surface area contributed by atoms with Gasteiger partial charge in [0.05, 0.1) is 0 Å². The van der Waals surface area contributed by atoms with Gasteiger partial charge in [-0.05, 0) is 0 Å². The van der Waals surface area contributed by atoms with Crippen LogP contribution in [0.15, 0.2) is 109 Å². The van der Waals surface area contributed by atoms with Crippen molar-refractivity contribution in [2.24, 2.45) is 0 Å². The zero-order valence-corrected chi connectivity index (χ0v) is 21.2. The average Bonchev–Trinajstić information content (AvgIpc) is 3.48. The molecule has 6 aromatic rings. The first kappa shape index (κ1) is 18.2. The van der Waals surface area contributed by atoms with Crippen LogP contribution in [0.1, 0.15) is 0 Å². The molecule has 0 bridgehead atoms.